The maximum absolute atomic E-state index is 12.5. The third-order valence-corrected chi connectivity index (χ3v) is 2.03. The van der Waals surface area contributed by atoms with Crippen LogP contribution in [0, 0.1) is 0 Å². The van der Waals surface area contributed by atoms with E-state index in [0.29, 0.717) is 0 Å². The number of alkyl halides is 1. The molecule has 0 fully saturated rings. The Labute approximate surface area is 77.5 Å². The fourth-order valence-corrected chi connectivity index (χ4v) is 1.05. The van der Waals surface area contributed by atoms with E-state index < -0.39 is 12.2 Å². The van der Waals surface area contributed by atoms with Crippen LogP contribution in [0.4, 0.5) is 4.39 Å². The lowest BCUT2D eigenvalue weighted by Gasteiger charge is -2.21. The van der Waals surface area contributed by atoms with Crippen LogP contribution in [-0.4, -0.2) is 13.8 Å². The second-order valence-corrected chi connectivity index (χ2v) is 3.28. The highest BCUT2D eigenvalue weighted by Crippen LogP contribution is 2.20. The van der Waals surface area contributed by atoms with Crippen LogP contribution in [0.2, 0.25) is 0 Å². The van der Waals surface area contributed by atoms with Crippen molar-refractivity contribution in [3.8, 4) is 5.75 Å². The SMILES string of the molecule is COc1ccc([C@@](C)(N)CF)cc1. The molecule has 1 atom stereocenters. The van der Waals surface area contributed by atoms with E-state index >= 15 is 0 Å². The van der Waals surface area contributed by atoms with E-state index in [9.17, 15) is 4.39 Å². The first-order chi connectivity index (χ1) is 6.10. The summed E-state index contributed by atoms with van der Waals surface area (Å²) >= 11 is 0. The molecule has 3 heteroatoms. The van der Waals surface area contributed by atoms with Crippen molar-refractivity contribution in [1.82, 2.24) is 0 Å². The van der Waals surface area contributed by atoms with Gasteiger partial charge in [-0.15, -0.1) is 0 Å². The zero-order chi connectivity index (χ0) is 9.90. The molecule has 0 unspecified atom stereocenters. The fourth-order valence-electron chi connectivity index (χ4n) is 1.05. The highest BCUT2D eigenvalue weighted by Gasteiger charge is 2.20. The van der Waals surface area contributed by atoms with E-state index in [-0.39, 0.29) is 0 Å². The second-order valence-electron chi connectivity index (χ2n) is 3.28. The Balaban J connectivity index is 2.92. The summed E-state index contributed by atoms with van der Waals surface area (Å²) in [6.07, 6.45) is 0. The van der Waals surface area contributed by atoms with Gasteiger partial charge < -0.3 is 10.5 Å². The summed E-state index contributed by atoms with van der Waals surface area (Å²) in [4.78, 5) is 0. The molecule has 0 saturated heterocycles. The normalized spacial score (nSPS) is 15.1. The maximum Gasteiger partial charge on any atom is 0.118 e. The Morgan fingerprint density at radius 1 is 1.38 bits per heavy atom. The van der Waals surface area contributed by atoms with Gasteiger partial charge in [0.2, 0.25) is 0 Å². The van der Waals surface area contributed by atoms with Crippen molar-refractivity contribution < 1.29 is 9.13 Å². The average Bonchev–Trinajstić information content (AvgIpc) is 2.18. The minimum atomic E-state index is -0.897. The van der Waals surface area contributed by atoms with E-state index in [0.717, 1.165) is 11.3 Å². The van der Waals surface area contributed by atoms with Crippen LogP contribution in [0.1, 0.15) is 12.5 Å². The molecule has 72 valence electrons. The second kappa shape index (κ2) is 3.75. The number of rotatable bonds is 3. The van der Waals surface area contributed by atoms with Gasteiger partial charge in [0.25, 0.3) is 0 Å². The van der Waals surface area contributed by atoms with Crippen LogP contribution >= 0.6 is 0 Å². The highest BCUT2D eigenvalue weighted by atomic mass is 19.1. The van der Waals surface area contributed by atoms with Gasteiger partial charge in [-0.1, -0.05) is 12.1 Å². The summed E-state index contributed by atoms with van der Waals surface area (Å²) in [6, 6.07) is 7.10. The molecule has 2 nitrogen and oxygen atoms in total. The van der Waals surface area contributed by atoms with Gasteiger partial charge in [-0.2, -0.15) is 0 Å². The van der Waals surface area contributed by atoms with Crippen LogP contribution < -0.4 is 10.5 Å². The molecular formula is C10H14FNO. The van der Waals surface area contributed by atoms with Crippen molar-refractivity contribution in [1.29, 1.82) is 0 Å². The molecule has 0 radical (unpaired) electrons. The van der Waals surface area contributed by atoms with Crippen LogP contribution in [0.5, 0.6) is 5.75 Å². The van der Waals surface area contributed by atoms with Gasteiger partial charge in [0.15, 0.2) is 0 Å². The van der Waals surface area contributed by atoms with Gasteiger partial charge in [-0.3, -0.25) is 0 Å². The van der Waals surface area contributed by atoms with Crippen molar-refractivity contribution in [3.05, 3.63) is 29.8 Å². The number of ether oxygens (including phenoxy) is 1. The Morgan fingerprint density at radius 3 is 2.31 bits per heavy atom. The van der Waals surface area contributed by atoms with Gasteiger partial charge in [0.1, 0.15) is 12.4 Å². The quantitative estimate of drug-likeness (QED) is 0.776. The molecular weight excluding hydrogens is 169 g/mol. The molecule has 2 N–H and O–H groups in total. The Morgan fingerprint density at radius 2 is 1.92 bits per heavy atom. The number of methoxy groups -OCH3 is 1. The molecule has 1 aromatic carbocycles. The van der Waals surface area contributed by atoms with Crippen molar-refractivity contribution >= 4 is 0 Å². The smallest absolute Gasteiger partial charge is 0.118 e. The fraction of sp³-hybridized carbons (Fsp3) is 0.400. The van der Waals surface area contributed by atoms with Gasteiger partial charge in [-0.25, -0.2) is 4.39 Å². The molecule has 0 aliphatic carbocycles. The molecule has 0 aliphatic rings. The Hall–Kier alpha value is -1.09. The lowest BCUT2D eigenvalue weighted by Crippen LogP contribution is -2.35. The Bertz CT molecular complexity index is 269. The predicted molar refractivity (Wildman–Crippen MR) is 50.5 cm³/mol. The molecule has 0 spiro atoms. The van der Waals surface area contributed by atoms with Crippen LogP contribution in [0.15, 0.2) is 24.3 Å². The number of halogens is 1. The van der Waals surface area contributed by atoms with Crippen LogP contribution in [0.3, 0.4) is 0 Å². The number of hydrogen-bond acceptors (Lipinski definition) is 2. The van der Waals surface area contributed by atoms with E-state index in [2.05, 4.69) is 0 Å². The minimum absolute atomic E-state index is 0.570. The molecule has 0 bridgehead atoms. The molecule has 0 heterocycles. The lowest BCUT2D eigenvalue weighted by atomic mass is 9.95. The summed E-state index contributed by atoms with van der Waals surface area (Å²) < 4.78 is 17.5. The van der Waals surface area contributed by atoms with E-state index in [1.807, 2.05) is 0 Å². The maximum atomic E-state index is 12.5. The summed E-state index contributed by atoms with van der Waals surface area (Å²) in [5, 5.41) is 0. The van der Waals surface area contributed by atoms with Gasteiger partial charge in [0, 0.05) is 0 Å². The highest BCUT2D eigenvalue weighted by molar-refractivity contribution is 5.31. The average molecular weight is 183 g/mol. The van der Waals surface area contributed by atoms with Gasteiger partial charge >= 0.3 is 0 Å². The van der Waals surface area contributed by atoms with Crippen molar-refractivity contribution in [3.63, 3.8) is 0 Å². The summed E-state index contributed by atoms with van der Waals surface area (Å²) in [5.74, 6) is 0.749. The molecule has 1 rings (SSSR count). The zero-order valence-corrected chi connectivity index (χ0v) is 7.88. The first-order valence-corrected chi connectivity index (χ1v) is 4.09. The molecule has 0 saturated carbocycles. The molecule has 13 heavy (non-hydrogen) atoms. The summed E-state index contributed by atoms with van der Waals surface area (Å²) in [5.41, 5.74) is 5.59. The monoisotopic (exact) mass is 183 g/mol. The molecule has 0 aromatic heterocycles. The lowest BCUT2D eigenvalue weighted by molar-refractivity contribution is 0.335. The van der Waals surface area contributed by atoms with Crippen molar-refractivity contribution in [2.75, 3.05) is 13.8 Å². The van der Waals surface area contributed by atoms with E-state index in [4.69, 9.17) is 10.5 Å². The molecule has 1 aromatic rings. The summed E-state index contributed by atoms with van der Waals surface area (Å²) in [6.45, 7) is 1.09. The Kier molecular flexibility index (Phi) is 2.88. The van der Waals surface area contributed by atoms with Crippen molar-refractivity contribution in [2.24, 2.45) is 5.73 Å². The topological polar surface area (TPSA) is 35.2 Å². The third-order valence-electron chi connectivity index (χ3n) is 2.03. The molecule has 0 aliphatic heterocycles. The first-order valence-electron chi connectivity index (χ1n) is 4.09. The van der Waals surface area contributed by atoms with E-state index in [1.165, 1.54) is 0 Å². The predicted octanol–water partition coefficient (Wildman–Crippen LogP) is 1.84. The number of hydrogen-bond donors (Lipinski definition) is 1. The largest absolute Gasteiger partial charge is 0.497 e. The standard InChI is InChI=1S/C10H14FNO/c1-10(12,7-11)8-3-5-9(13-2)6-4-8/h3-6H,7,12H2,1-2H3/t10-/m0/s1. The zero-order valence-electron chi connectivity index (χ0n) is 7.88. The van der Waals surface area contributed by atoms with Crippen LogP contribution in [0.25, 0.3) is 0 Å². The van der Waals surface area contributed by atoms with Crippen molar-refractivity contribution in [2.45, 2.75) is 12.5 Å². The molecule has 0 amide bonds. The van der Waals surface area contributed by atoms with Crippen LogP contribution in [-0.2, 0) is 5.54 Å². The van der Waals surface area contributed by atoms with Gasteiger partial charge in [-0.05, 0) is 24.6 Å². The minimum Gasteiger partial charge on any atom is -0.497 e. The number of benzene rings is 1. The third kappa shape index (κ3) is 2.18. The van der Waals surface area contributed by atoms with Gasteiger partial charge in [0.05, 0.1) is 12.6 Å². The first kappa shape index (κ1) is 9.99. The summed E-state index contributed by atoms with van der Waals surface area (Å²) in [7, 11) is 1.59. The number of nitrogens with two attached hydrogens (primary N) is 1. The van der Waals surface area contributed by atoms with E-state index in [1.54, 1.807) is 38.3 Å².